The van der Waals surface area contributed by atoms with E-state index in [0.717, 1.165) is 6.41 Å². The smallest absolute Gasteiger partial charge is 0.387 e. The number of rotatable bonds is 10. The van der Waals surface area contributed by atoms with E-state index in [9.17, 15) is 28.0 Å². The summed E-state index contributed by atoms with van der Waals surface area (Å²) in [6.07, 6.45) is 0.464. The number of hydrogen-bond acceptors (Lipinski definition) is 8. The molecule has 1 heterocycles. The lowest BCUT2D eigenvalue weighted by atomic mass is 10.1. The van der Waals surface area contributed by atoms with Crippen molar-refractivity contribution in [2.75, 3.05) is 39.2 Å². The molecule has 1 aliphatic rings. The summed E-state index contributed by atoms with van der Waals surface area (Å²) in [5.41, 5.74) is 0.700. The molecule has 0 aliphatic carbocycles. The standard InChI is InChI=1S/C21H19F2NO7.C3H7NO/c22-21(23)31-15-4-2-14(3-5-15)24-19(26)12-30-20(27)8-6-16(25)13-1-7-17-18(11-13)29-10-9-28-17;1-4(2)3-5/h1-5,7,11,21H,6,8-10,12H2,(H,24,26);3H,1-2H3. The number of ether oxygens (including phenoxy) is 4. The van der Waals surface area contributed by atoms with Crippen molar-refractivity contribution >= 4 is 29.8 Å². The van der Waals surface area contributed by atoms with Crippen LogP contribution in [0.2, 0.25) is 0 Å². The third kappa shape index (κ3) is 9.95. The van der Waals surface area contributed by atoms with E-state index in [4.69, 9.17) is 14.2 Å². The van der Waals surface area contributed by atoms with Gasteiger partial charge >= 0.3 is 12.6 Å². The number of anilines is 1. The van der Waals surface area contributed by atoms with Crippen LogP contribution in [0.4, 0.5) is 14.5 Å². The molecule has 1 aliphatic heterocycles. The predicted octanol–water partition coefficient (Wildman–Crippen LogP) is 2.91. The van der Waals surface area contributed by atoms with E-state index in [1.807, 2.05) is 0 Å². The summed E-state index contributed by atoms with van der Waals surface area (Å²) in [4.78, 5) is 46.8. The van der Waals surface area contributed by atoms with Gasteiger partial charge in [0, 0.05) is 31.8 Å². The van der Waals surface area contributed by atoms with Crippen LogP contribution in [0, 0.1) is 0 Å². The molecule has 12 heteroatoms. The van der Waals surface area contributed by atoms with Crippen LogP contribution < -0.4 is 19.5 Å². The van der Waals surface area contributed by atoms with E-state index in [2.05, 4.69) is 10.1 Å². The van der Waals surface area contributed by atoms with Crippen LogP contribution in [0.25, 0.3) is 0 Å². The first-order chi connectivity index (χ1) is 17.2. The van der Waals surface area contributed by atoms with E-state index in [-0.39, 0.29) is 24.4 Å². The maximum Gasteiger partial charge on any atom is 0.387 e. The molecule has 194 valence electrons. The normalized spacial score (nSPS) is 11.5. The highest BCUT2D eigenvalue weighted by atomic mass is 19.3. The van der Waals surface area contributed by atoms with Gasteiger partial charge in [0.25, 0.3) is 5.91 Å². The Hall–Kier alpha value is -4.22. The fraction of sp³-hybridized carbons (Fsp3) is 0.333. The number of hydrogen-bond donors (Lipinski definition) is 1. The molecular formula is C24H26F2N2O8. The summed E-state index contributed by atoms with van der Waals surface area (Å²) < 4.78 is 44.1. The van der Waals surface area contributed by atoms with Crippen molar-refractivity contribution in [1.29, 1.82) is 0 Å². The fourth-order valence-corrected chi connectivity index (χ4v) is 2.71. The zero-order valence-electron chi connectivity index (χ0n) is 19.7. The fourth-order valence-electron chi connectivity index (χ4n) is 2.71. The van der Waals surface area contributed by atoms with Crippen LogP contribution >= 0.6 is 0 Å². The molecule has 10 nitrogen and oxygen atoms in total. The van der Waals surface area contributed by atoms with E-state index in [1.54, 1.807) is 32.3 Å². The number of alkyl halides is 2. The van der Waals surface area contributed by atoms with Crippen LogP contribution in [0.3, 0.4) is 0 Å². The van der Waals surface area contributed by atoms with E-state index in [0.29, 0.717) is 36.0 Å². The van der Waals surface area contributed by atoms with Gasteiger partial charge in [-0.2, -0.15) is 8.78 Å². The highest BCUT2D eigenvalue weighted by Gasteiger charge is 2.16. The van der Waals surface area contributed by atoms with Crippen molar-refractivity contribution in [2.45, 2.75) is 19.5 Å². The Morgan fingerprint density at radius 3 is 2.28 bits per heavy atom. The molecule has 36 heavy (non-hydrogen) atoms. The second-order valence-corrected chi connectivity index (χ2v) is 7.46. The maximum absolute atomic E-state index is 12.3. The molecule has 2 aromatic carbocycles. The number of nitrogens with one attached hydrogen (secondary N) is 1. The summed E-state index contributed by atoms with van der Waals surface area (Å²) in [5, 5.41) is 2.45. The summed E-state index contributed by atoms with van der Waals surface area (Å²) in [7, 11) is 3.38. The molecule has 0 spiro atoms. The average molecular weight is 508 g/mol. The maximum atomic E-state index is 12.3. The van der Waals surface area contributed by atoms with E-state index >= 15 is 0 Å². The summed E-state index contributed by atoms with van der Waals surface area (Å²) in [5.74, 6) is -0.614. The summed E-state index contributed by atoms with van der Waals surface area (Å²) >= 11 is 0. The molecule has 0 aromatic heterocycles. The number of carbonyl (C=O) groups is 4. The first-order valence-corrected chi connectivity index (χ1v) is 10.7. The van der Waals surface area contributed by atoms with Crippen molar-refractivity contribution in [3.63, 3.8) is 0 Å². The number of fused-ring (bicyclic) bond motifs is 1. The summed E-state index contributed by atoms with van der Waals surface area (Å²) in [6.45, 7) is -2.65. The van der Waals surface area contributed by atoms with Gasteiger partial charge in [-0.05, 0) is 42.5 Å². The van der Waals surface area contributed by atoms with Gasteiger partial charge in [0.2, 0.25) is 6.41 Å². The van der Waals surface area contributed by atoms with Gasteiger partial charge in [0.05, 0.1) is 6.42 Å². The van der Waals surface area contributed by atoms with Gasteiger partial charge < -0.3 is 29.2 Å². The number of benzene rings is 2. The number of Topliss-reactive ketones (excluding diaryl/α,β-unsaturated/α-hetero) is 1. The Labute approximate surface area is 206 Å². The van der Waals surface area contributed by atoms with Crippen LogP contribution in [0.1, 0.15) is 23.2 Å². The largest absolute Gasteiger partial charge is 0.486 e. The predicted molar refractivity (Wildman–Crippen MR) is 123 cm³/mol. The van der Waals surface area contributed by atoms with Crippen molar-refractivity contribution < 1.29 is 46.9 Å². The second-order valence-electron chi connectivity index (χ2n) is 7.46. The van der Waals surface area contributed by atoms with E-state index in [1.165, 1.54) is 29.2 Å². The Kier molecular flexibility index (Phi) is 11.1. The molecule has 1 N–H and O–H groups in total. The molecule has 0 saturated carbocycles. The van der Waals surface area contributed by atoms with Crippen molar-refractivity contribution in [2.24, 2.45) is 0 Å². The number of halogens is 2. The lowest BCUT2D eigenvalue weighted by Gasteiger charge is -2.18. The number of carbonyl (C=O) groups excluding carboxylic acids is 4. The third-order valence-corrected chi connectivity index (χ3v) is 4.36. The van der Waals surface area contributed by atoms with Gasteiger partial charge in [0.15, 0.2) is 23.9 Å². The zero-order chi connectivity index (χ0) is 26.5. The van der Waals surface area contributed by atoms with Crippen LogP contribution in [0.5, 0.6) is 17.2 Å². The number of ketones is 1. The number of esters is 1. The first kappa shape index (κ1) is 28.0. The monoisotopic (exact) mass is 508 g/mol. The van der Waals surface area contributed by atoms with Gasteiger partial charge in [-0.1, -0.05) is 0 Å². The molecule has 0 atom stereocenters. The second kappa shape index (κ2) is 14.2. The zero-order valence-corrected chi connectivity index (χ0v) is 19.7. The minimum atomic E-state index is -2.94. The van der Waals surface area contributed by atoms with Gasteiger partial charge in [-0.15, -0.1) is 0 Å². The molecule has 0 unspecified atom stereocenters. The summed E-state index contributed by atoms with van der Waals surface area (Å²) in [6, 6.07) is 10.0. The highest BCUT2D eigenvalue weighted by Crippen LogP contribution is 2.31. The van der Waals surface area contributed by atoms with Gasteiger partial charge in [-0.25, -0.2) is 0 Å². The number of nitrogens with zero attached hydrogens (tertiary/aromatic N) is 1. The highest BCUT2D eigenvalue weighted by molar-refractivity contribution is 5.98. The molecule has 2 aromatic rings. The molecule has 3 rings (SSSR count). The number of amides is 2. The first-order valence-electron chi connectivity index (χ1n) is 10.7. The topological polar surface area (TPSA) is 120 Å². The Balaban J connectivity index is 0.000000830. The Bertz CT molecular complexity index is 1040. The molecule has 0 bridgehead atoms. The van der Waals surface area contributed by atoms with Gasteiger partial charge in [0.1, 0.15) is 19.0 Å². The minimum absolute atomic E-state index is 0.0536. The molecule has 0 fully saturated rings. The van der Waals surface area contributed by atoms with E-state index < -0.39 is 25.1 Å². The Morgan fingerprint density at radius 2 is 1.67 bits per heavy atom. The molecule has 0 saturated heterocycles. The SMILES string of the molecule is CN(C)C=O.O=C(COC(=O)CCC(=O)c1ccc2c(c1)OCCO2)Nc1ccc(OC(F)F)cc1. The van der Waals surface area contributed by atoms with Crippen molar-refractivity contribution in [3.8, 4) is 17.2 Å². The molecular weight excluding hydrogens is 482 g/mol. The average Bonchev–Trinajstić information content (AvgIpc) is 2.87. The van der Waals surface area contributed by atoms with Crippen LogP contribution in [-0.2, 0) is 19.1 Å². The molecule has 2 amide bonds. The van der Waals surface area contributed by atoms with Crippen molar-refractivity contribution in [1.82, 2.24) is 4.90 Å². The van der Waals surface area contributed by atoms with Gasteiger partial charge in [-0.3, -0.25) is 19.2 Å². The molecule has 0 radical (unpaired) electrons. The third-order valence-electron chi connectivity index (χ3n) is 4.36. The quantitative estimate of drug-likeness (QED) is 0.296. The van der Waals surface area contributed by atoms with Crippen LogP contribution in [-0.4, -0.2) is 69.5 Å². The minimum Gasteiger partial charge on any atom is -0.486 e. The van der Waals surface area contributed by atoms with Crippen LogP contribution in [0.15, 0.2) is 42.5 Å². The van der Waals surface area contributed by atoms with Crippen molar-refractivity contribution in [3.05, 3.63) is 48.0 Å². The lowest BCUT2D eigenvalue weighted by Crippen LogP contribution is -2.21. The Morgan fingerprint density at radius 1 is 1.03 bits per heavy atom. The lowest BCUT2D eigenvalue weighted by molar-refractivity contribution is -0.147.